The smallest absolute Gasteiger partial charge is 0.255 e. The number of rotatable bonds is 6. The highest BCUT2D eigenvalue weighted by Gasteiger charge is 2.31. The maximum atomic E-state index is 13.1. The monoisotopic (exact) mass is 452 g/mol. The van der Waals surface area contributed by atoms with Crippen LogP contribution in [0.3, 0.4) is 0 Å². The average molecular weight is 453 g/mol. The number of sulfonamides is 1. The van der Waals surface area contributed by atoms with Crippen molar-refractivity contribution in [1.29, 1.82) is 0 Å². The molecule has 3 heterocycles. The maximum Gasteiger partial charge on any atom is 0.255 e. The third-order valence-corrected chi connectivity index (χ3v) is 9.66. The van der Waals surface area contributed by atoms with Crippen LogP contribution in [0.4, 0.5) is 0 Å². The normalized spacial score (nSPS) is 20.8. The molecule has 2 fully saturated rings. The average Bonchev–Trinajstić information content (AvgIpc) is 3.46. The first-order chi connectivity index (χ1) is 14.1. The second-order valence-electron chi connectivity index (χ2n) is 7.07. The molecule has 0 radical (unpaired) electrons. The van der Waals surface area contributed by atoms with Crippen LogP contribution in [0.5, 0.6) is 0 Å². The summed E-state index contributed by atoms with van der Waals surface area (Å²) >= 11 is 2.88. The van der Waals surface area contributed by atoms with Crippen molar-refractivity contribution >= 4 is 39.0 Å². The van der Waals surface area contributed by atoms with Crippen molar-refractivity contribution in [2.45, 2.75) is 28.1 Å². The molecule has 156 valence electrons. The number of carbonyl (C=O) groups is 1. The van der Waals surface area contributed by atoms with E-state index in [1.807, 2.05) is 24.3 Å². The van der Waals surface area contributed by atoms with E-state index in [2.05, 4.69) is 0 Å². The van der Waals surface area contributed by atoms with Crippen LogP contribution in [-0.2, 0) is 14.8 Å². The van der Waals surface area contributed by atoms with Crippen LogP contribution < -0.4 is 0 Å². The number of hydrogen-bond donors (Lipinski definition) is 0. The van der Waals surface area contributed by atoms with Crippen molar-refractivity contribution in [3.05, 3.63) is 47.3 Å². The standard InChI is InChI=1S/C20H24N2O4S3/c23-20(17-6-1-2-7-18(17)28-15-16-5-3-13-26-16)21-9-11-22(12-10-21)29(24,25)19-8-4-14-27-19/h1-2,4,6-8,14,16H,3,5,9-13,15H2/t16-/m1/s1. The number of carbonyl (C=O) groups excluding carboxylic acids is 1. The van der Waals surface area contributed by atoms with Crippen molar-refractivity contribution in [2.75, 3.05) is 38.5 Å². The first-order valence-electron chi connectivity index (χ1n) is 9.72. The number of thiophene rings is 1. The second-order valence-corrected chi connectivity index (χ2v) is 11.2. The number of benzene rings is 1. The molecule has 1 amide bonds. The van der Waals surface area contributed by atoms with Crippen LogP contribution in [0.25, 0.3) is 0 Å². The number of amides is 1. The largest absolute Gasteiger partial charge is 0.377 e. The minimum atomic E-state index is -3.46. The van der Waals surface area contributed by atoms with Crippen molar-refractivity contribution < 1.29 is 17.9 Å². The Morgan fingerprint density at radius 2 is 1.93 bits per heavy atom. The Bertz CT molecular complexity index is 932. The molecule has 4 rings (SSSR count). The first-order valence-corrected chi connectivity index (χ1v) is 13.0. The second kappa shape index (κ2) is 9.18. The molecule has 6 nitrogen and oxygen atoms in total. The minimum Gasteiger partial charge on any atom is -0.377 e. The van der Waals surface area contributed by atoms with Gasteiger partial charge in [-0.3, -0.25) is 4.79 Å². The van der Waals surface area contributed by atoms with E-state index < -0.39 is 10.0 Å². The zero-order chi connectivity index (χ0) is 20.3. The third kappa shape index (κ3) is 4.69. The lowest BCUT2D eigenvalue weighted by molar-refractivity contribution is 0.0694. The van der Waals surface area contributed by atoms with E-state index in [-0.39, 0.29) is 12.0 Å². The van der Waals surface area contributed by atoms with E-state index in [9.17, 15) is 13.2 Å². The topological polar surface area (TPSA) is 66.9 Å². The van der Waals surface area contributed by atoms with E-state index in [1.165, 1.54) is 15.6 Å². The molecule has 0 saturated carbocycles. The SMILES string of the molecule is O=C(c1ccccc1SC[C@H]1CCCO1)N1CCN(S(=O)(=O)c2cccs2)CC1. The zero-order valence-electron chi connectivity index (χ0n) is 16.0. The summed E-state index contributed by atoms with van der Waals surface area (Å²) in [6, 6.07) is 11.0. The van der Waals surface area contributed by atoms with Crippen molar-refractivity contribution in [2.24, 2.45) is 0 Å². The molecule has 29 heavy (non-hydrogen) atoms. The van der Waals surface area contributed by atoms with Crippen molar-refractivity contribution in [3.8, 4) is 0 Å². The van der Waals surface area contributed by atoms with Gasteiger partial charge in [-0.25, -0.2) is 8.42 Å². The van der Waals surface area contributed by atoms with Crippen LogP contribution in [0, 0.1) is 0 Å². The molecular weight excluding hydrogens is 428 g/mol. The summed E-state index contributed by atoms with van der Waals surface area (Å²) in [6.45, 7) is 2.25. The molecule has 0 spiro atoms. The fraction of sp³-hybridized carbons (Fsp3) is 0.450. The highest BCUT2D eigenvalue weighted by molar-refractivity contribution is 7.99. The first kappa shape index (κ1) is 20.9. The number of ether oxygens (including phenoxy) is 1. The Kier molecular flexibility index (Phi) is 6.60. The van der Waals surface area contributed by atoms with Crippen molar-refractivity contribution in [1.82, 2.24) is 9.21 Å². The van der Waals surface area contributed by atoms with Gasteiger partial charge in [0.2, 0.25) is 0 Å². The number of nitrogens with zero attached hydrogens (tertiary/aromatic N) is 2. The van der Waals surface area contributed by atoms with Gasteiger partial charge in [-0.2, -0.15) is 4.31 Å². The van der Waals surface area contributed by atoms with E-state index in [0.717, 1.165) is 30.1 Å². The molecule has 1 aromatic carbocycles. The maximum absolute atomic E-state index is 13.1. The molecule has 2 aliphatic heterocycles. The number of thioether (sulfide) groups is 1. The summed E-state index contributed by atoms with van der Waals surface area (Å²) in [5.41, 5.74) is 0.685. The van der Waals surface area contributed by atoms with Gasteiger partial charge in [0.25, 0.3) is 15.9 Å². The van der Waals surface area contributed by atoms with E-state index in [4.69, 9.17) is 4.74 Å². The van der Waals surface area contributed by atoms with Gasteiger partial charge < -0.3 is 9.64 Å². The zero-order valence-corrected chi connectivity index (χ0v) is 18.5. The molecule has 2 aromatic rings. The van der Waals surface area contributed by atoms with Crippen LogP contribution in [0.2, 0.25) is 0 Å². The van der Waals surface area contributed by atoms with E-state index in [1.54, 1.807) is 34.2 Å². The van der Waals surface area contributed by atoms with Gasteiger partial charge in [0, 0.05) is 43.4 Å². The highest BCUT2D eigenvalue weighted by atomic mass is 32.2. The summed E-state index contributed by atoms with van der Waals surface area (Å²) in [4.78, 5) is 15.8. The predicted molar refractivity (Wildman–Crippen MR) is 115 cm³/mol. The van der Waals surface area contributed by atoms with Gasteiger partial charge in [0.1, 0.15) is 4.21 Å². The summed E-state index contributed by atoms with van der Waals surface area (Å²) in [5.74, 6) is 0.811. The summed E-state index contributed by atoms with van der Waals surface area (Å²) in [5, 5.41) is 1.76. The Labute approximate surface area is 179 Å². The highest BCUT2D eigenvalue weighted by Crippen LogP contribution is 2.28. The Hall–Kier alpha value is -1.39. The fourth-order valence-corrected chi connectivity index (χ4v) is 7.25. The summed E-state index contributed by atoms with van der Waals surface area (Å²) in [6.07, 6.45) is 2.43. The molecule has 0 unspecified atom stereocenters. The summed E-state index contributed by atoms with van der Waals surface area (Å²) in [7, 11) is -3.46. The molecular formula is C20H24N2O4S3. The molecule has 0 bridgehead atoms. The molecule has 2 aliphatic rings. The van der Waals surface area contributed by atoms with Gasteiger partial charge in [-0.05, 0) is 36.4 Å². The molecule has 1 aromatic heterocycles. The Balaban J connectivity index is 1.40. The van der Waals surface area contributed by atoms with Gasteiger partial charge >= 0.3 is 0 Å². The van der Waals surface area contributed by atoms with Gasteiger partial charge in [0.15, 0.2) is 0 Å². The lowest BCUT2D eigenvalue weighted by Crippen LogP contribution is -2.50. The molecule has 9 heteroatoms. The van der Waals surface area contributed by atoms with Crippen LogP contribution >= 0.6 is 23.1 Å². The van der Waals surface area contributed by atoms with E-state index >= 15 is 0 Å². The van der Waals surface area contributed by atoms with Gasteiger partial charge in [-0.1, -0.05) is 18.2 Å². The van der Waals surface area contributed by atoms with Crippen LogP contribution in [0.1, 0.15) is 23.2 Å². The lowest BCUT2D eigenvalue weighted by Gasteiger charge is -2.34. The lowest BCUT2D eigenvalue weighted by atomic mass is 10.2. The Morgan fingerprint density at radius 3 is 2.62 bits per heavy atom. The number of hydrogen-bond acceptors (Lipinski definition) is 6. The number of piperazine rings is 1. The molecule has 2 saturated heterocycles. The fourth-order valence-electron chi connectivity index (χ4n) is 3.57. The Morgan fingerprint density at radius 1 is 1.14 bits per heavy atom. The molecule has 0 aliphatic carbocycles. The predicted octanol–water partition coefficient (Wildman–Crippen LogP) is 3.17. The molecule has 1 atom stereocenters. The van der Waals surface area contributed by atoms with Gasteiger partial charge in [-0.15, -0.1) is 23.1 Å². The molecule has 0 N–H and O–H groups in total. The van der Waals surface area contributed by atoms with E-state index in [0.29, 0.717) is 36.0 Å². The quantitative estimate of drug-likeness (QED) is 0.630. The minimum absolute atomic E-state index is 0.0337. The van der Waals surface area contributed by atoms with Crippen LogP contribution in [0.15, 0.2) is 50.9 Å². The van der Waals surface area contributed by atoms with Crippen molar-refractivity contribution in [3.63, 3.8) is 0 Å². The third-order valence-electron chi connectivity index (χ3n) is 5.18. The summed E-state index contributed by atoms with van der Waals surface area (Å²) < 4.78 is 32.9. The van der Waals surface area contributed by atoms with Gasteiger partial charge in [0.05, 0.1) is 11.7 Å². The van der Waals surface area contributed by atoms with Crippen LogP contribution in [-0.4, -0.2) is 68.2 Å².